The van der Waals surface area contributed by atoms with E-state index in [4.69, 9.17) is 4.74 Å². The van der Waals surface area contributed by atoms with Crippen molar-refractivity contribution in [3.05, 3.63) is 59.7 Å². The summed E-state index contributed by atoms with van der Waals surface area (Å²) in [4.78, 5) is 12.6. The molecule has 0 heterocycles. The van der Waals surface area contributed by atoms with Gasteiger partial charge < -0.3 is 10.1 Å². The van der Waals surface area contributed by atoms with Crippen LogP contribution in [-0.2, 0) is 21.4 Å². The van der Waals surface area contributed by atoms with Gasteiger partial charge in [0.05, 0.1) is 17.6 Å². The SMILES string of the molecule is CC(C)NS(=O)(=O)c1cccc(C(=O)Nc2cccc(COC(C)C)c2)c1. The van der Waals surface area contributed by atoms with Crippen LogP contribution in [0.2, 0.25) is 0 Å². The summed E-state index contributed by atoms with van der Waals surface area (Å²) in [7, 11) is -3.66. The third-order valence-electron chi connectivity index (χ3n) is 3.57. The normalized spacial score (nSPS) is 11.8. The molecular weight excluding hydrogens is 364 g/mol. The first-order valence-corrected chi connectivity index (χ1v) is 10.3. The molecule has 0 aromatic heterocycles. The molecule has 2 N–H and O–H groups in total. The van der Waals surface area contributed by atoms with Gasteiger partial charge in [-0.1, -0.05) is 18.2 Å². The van der Waals surface area contributed by atoms with E-state index in [0.29, 0.717) is 12.3 Å². The summed E-state index contributed by atoms with van der Waals surface area (Å²) >= 11 is 0. The van der Waals surface area contributed by atoms with E-state index in [9.17, 15) is 13.2 Å². The van der Waals surface area contributed by atoms with E-state index in [2.05, 4.69) is 10.0 Å². The molecule has 0 fully saturated rings. The number of anilines is 1. The highest BCUT2D eigenvalue weighted by atomic mass is 32.2. The Bertz CT molecular complexity index is 892. The molecule has 27 heavy (non-hydrogen) atoms. The number of nitrogens with one attached hydrogen (secondary N) is 2. The summed E-state index contributed by atoms with van der Waals surface area (Å²) in [6.45, 7) is 7.85. The van der Waals surface area contributed by atoms with Crippen LogP contribution in [0, 0.1) is 0 Å². The van der Waals surface area contributed by atoms with Crippen LogP contribution in [0.1, 0.15) is 43.6 Å². The van der Waals surface area contributed by atoms with Crippen LogP contribution in [0.15, 0.2) is 53.4 Å². The Morgan fingerprint density at radius 2 is 1.74 bits per heavy atom. The molecule has 1 amide bonds. The number of hydrogen-bond acceptors (Lipinski definition) is 4. The molecule has 0 unspecified atom stereocenters. The van der Waals surface area contributed by atoms with Crippen LogP contribution >= 0.6 is 0 Å². The Morgan fingerprint density at radius 1 is 1.04 bits per heavy atom. The lowest BCUT2D eigenvalue weighted by Crippen LogP contribution is -2.30. The Balaban J connectivity index is 2.15. The quantitative estimate of drug-likeness (QED) is 0.722. The fourth-order valence-electron chi connectivity index (χ4n) is 2.39. The van der Waals surface area contributed by atoms with Crippen LogP contribution < -0.4 is 10.0 Å². The molecule has 0 saturated heterocycles. The third kappa shape index (κ3) is 6.46. The number of carbonyl (C=O) groups is 1. The summed E-state index contributed by atoms with van der Waals surface area (Å²) in [5.41, 5.74) is 1.84. The van der Waals surface area contributed by atoms with Gasteiger partial charge in [0.15, 0.2) is 0 Å². The molecule has 0 bridgehead atoms. The van der Waals surface area contributed by atoms with Crippen LogP contribution in [0.25, 0.3) is 0 Å². The Morgan fingerprint density at radius 3 is 2.41 bits per heavy atom. The summed E-state index contributed by atoms with van der Waals surface area (Å²) in [6, 6.07) is 13.1. The minimum atomic E-state index is -3.66. The largest absolute Gasteiger partial charge is 0.374 e. The third-order valence-corrected chi connectivity index (χ3v) is 5.22. The summed E-state index contributed by atoms with van der Waals surface area (Å²) in [5, 5.41) is 2.80. The second-order valence-electron chi connectivity index (χ2n) is 6.82. The molecule has 0 spiro atoms. The zero-order chi connectivity index (χ0) is 20.0. The molecule has 0 aliphatic heterocycles. The number of benzene rings is 2. The highest BCUT2D eigenvalue weighted by Crippen LogP contribution is 2.16. The predicted molar refractivity (Wildman–Crippen MR) is 106 cm³/mol. The van der Waals surface area contributed by atoms with Crippen molar-refractivity contribution in [2.75, 3.05) is 5.32 Å². The van der Waals surface area contributed by atoms with Gasteiger partial charge >= 0.3 is 0 Å². The zero-order valence-electron chi connectivity index (χ0n) is 16.0. The average Bonchev–Trinajstić information content (AvgIpc) is 2.59. The lowest BCUT2D eigenvalue weighted by atomic mass is 10.2. The molecule has 0 atom stereocenters. The van der Waals surface area contributed by atoms with Crippen molar-refractivity contribution in [3.8, 4) is 0 Å². The van der Waals surface area contributed by atoms with Gasteiger partial charge in [-0.15, -0.1) is 0 Å². The van der Waals surface area contributed by atoms with Gasteiger partial charge in [-0.25, -0.2) is 13.1 Å². The Labute approximate surface area is 161 Å². The maximum absolute atomic E-state index is 12.5. The molecule has 0 aliphatic carbocycles. The number of sulfonamides is 1. The lowest BCUT2D eigenvalue weighted by Gasteiger charge is -2.12. The molecule has 2 aromatic carbocycles. The van der Waals surface area contributed by atoms with E-state index in [1.54, 1.807) is 32.0 Å². The first kappa shape index (κ1) is 21.1. The molecule has 2 rings (SSSR count). The number of rotatable bonds is 8. The van der Waals surface area contributed by atoms with Gasteiger partial charge in [0.1, 0.15) is 0 Å². The standard InChI is InChI=1S/C20H26N2O4S/c1-14(2)22-27(24,25)19-10-6-8-17(12-19)20(23)21-18-9-5-7-16(11-18)13-26-15(3)4/h5-12,14-15,22H,13H2,1-4H3,(H,21,23). The van der Waals surface area contributed by atoms with Gasteiger partial charge in [0.25, 0.3) is 5.91 Å². The lowest BCUT2D eigenvalue weighted by molar-refractivity contribution is 0.0657. The molecular formula is C20H26N2O4S. The van der Waals surface area contributed by atoms with Gasteiger partial charge in [0.2, 0.25) is 10.0 Å². The molecule has 0 aliphatic rings. The number of amides is 1. The van der Waals surface area contributed by atoms with Crippen LogP contribution in [0.4, 0.5) is 5.69 Å². The summed E-state index contributed by atoms with van der Waals surface area (Å²) < 4.78 is 32.7. The van der Waals surface area contributed by atoms with E-state index >= 15 is 0 Å². The topological polar surface area (TPSA) is 84.5 Å². The van der Waals surface area contributed by atoms with E-state index in [1.165, 1.54) is 12.1 Å². The second-order valence-corrected chi connectivity index (χ2v) is 8.53. The minimum Gasteiger partial charge on any atom is -0.374 e. The first-order chi connectivity index (χ1) is 12.7. The number of hydrogen-bond donors (Lipinski definition) is 2. The maximum atomic E-state index is 12.5. The number of carbonyl (C=O) groups excluding carboxylic acids is 1. The van der Waals surface area contributed by atoms with Crippen molar-refractivity contribution in [2.45, 2.75) is 51.3 Å². The zero-order valence-corrected chi connectivity index (χ0v) is 16.8. The van der Waals surface area contributed by atoms with Gasteiger partial charge in [0, 0.05) is 17.3 Å². The van der Waals surface area contributed by atoms with Crippen LogP contribution in [0.3, 0.4) is 0 Å². The van der Waals surface area contributed by atoms with Gasteiger partial charge in [-0.3, -0.25) is 4.79 Å². The maximum Gasteiger partial charge on any atom is 0.255 e. The Hall–Kier alpha value is -2.22. The minimum absolute atomic E-state index is 0.0583. The van der Waals surface area contributed by atoms with E-state index in [1.807, 2.05) is 32.0 Å². The smallest absolute Gasteiger partial charge is 0.255 e. The highest BCUT2D eigenvalue weighted by Gasteiger charge is 2.17. The fourth-order valence-corrected chi connectivity index (χ4v) is 3.68. The molecule has 6 nitrogen and oxygen atoms in total. The fraction of sp³-hybridized carbons (Fsp3) is 0.350. The van der Waals surface area contributed by atoms with Gasteiger partial charge in [-0.05, 0) is 63.6 Å². The van der Waals surface area contributed by atoms with Crippen molar-refractivity contribution in [1.29, 1.82) is 0 Å². The predicted octanol–water partition coefficient (Wildman–Crippen LogP) is 3.55. The van der Waals surface area contributed by atoms with E-state index in [-0.39, 0.29) is 28.5 Å². The molecule has 146 valence electrons. The van der Waals surface area contributed by atoms with Crippen molar-refractivity contribution >= 4 is 21.6 Å². The molecule has 0 saturated carbocycles. The molecule has 7 heteroatoms. The van der Waals surface area contributed by atoms with Crippen LogP contribution in [-0.4, -0.2) is 26.5 Å². The Kier molecular flexibility index (Phi) is 7.12. The van der Waals surface area contributed by atoms with Gasteiger partial charge in [-0.2, -0.15) is 0 Å². The van der Waals surface area contributed by atoms with Crippen LogP contribution in [0.5, 0.6) is 0 Å². The van der Waals surface area contributed by atoms with Crippen molar-refractivity contribution in [2.24, 2.45) is 0 Å². The molecule has 2 aromatic rings. The first-order valence-electron chi connectivity index (χ1n) is 8.81. The number of ether oxygens (including phenoxy) is 1. The molecule has 0 radical (unpaired) electrons. The second kappa shape index (κ2) is 9.12. The van der Waals surface area contributed by atoms with E-state index < -0.39 is 10.0 Å². The van der Waals surface area contributed by atoms with Crippen molar-refractivity contribution < 1.29 is 17.9 Å². The van der Waals surface area contributed by atoms with Crippen molar-refractivity contribution in [1.82, 2.24) is 4.72 Å². The van der Waals surface area contributed by atoms with E-state index in [0.717, 1.165) is 5.56 Å². The summed E-state index contributed by atoms with van der Waals surface area (Å²) in [5.74, 6) is -0.376. The monoisotopic (exact) mass is 390 g/mol. The average molecular weight is 391 g/mol. The summed E-state index contributed by atoms with van der Waals surface area (Å²) in [6.07, 6.45) is 0.118. The van der Waals surface area contributed by atoms with Crippen molar-refractivity contribution in [3.63, 3.8) is 0 Å². The highest BCUT2D eigenvalue weighted by molar-refractivity contribution is 7.89.